The molecule has 0 fully saturated rings. The lowest BCUT2D eigenvalue weighted by Crippen LogP contribution is -2.26. The SMILES string of the molecule is Cn1nc(C(=O)NCCc2ccccc2)cc1NC(=O)c1ccccc1. The highest BCUT2D eigenvalue weighted by Gasteiger charge is 2.14. The van der Waals surface area contributed by atoms with Crippen LogP contribution in [-0.2, 0) is 13.5 Å². The standard InChI is InChI=1S/C20H20N4O2/c1-24-18(22-19(25)16-10-6-3-7-11-16)14-17(23-24)20(26)21-13-12-15-8-4-2-5-9-15/h2-11,14H,12-13H2,1H3,(H,21,26)(H,22,25). The predicted octanol–water partition coefficient (Wildman–Crippen LogP) is 2.64. The number of nitrogens with zero attached hydrogens (tertiary/aromatic N) is 2. The van der Waals surface area contributed by atoms with Crippen molar-refractivity contribution in [2.24, 2.45) is 7.05 Å². The van der Waals surface area contributed by atoms with Crippen LogP contribution in [0.25, 0.3) is 0 Å². The van der Waals surface area contributed by atoms with E-state index in [9.17, 15) is 9.59 Å². The van der Waals surface area contributed by atoms with Gasteiger partial charge in [-0.3, -0.25) is 14.3 Å². The van der Waals surface area contributed by atoms with Crippen LogP contribution in [0.2, 0.25) is 0 Å². The van der Waals surface area contributed by atoms with Crippen molar-refractivity contribution in [1.29, 1.82) is 0 Å². The van der Waals surface area contributed by atoms with Crippen LogP contribution >= 0.6 is 0 Å². The van der Waals surface area contributed by atoms with E-state index in [0.29, 0.717) is 17.9 Å². The number of carbonyl (C=O) groups excluding carboxylic acids is 2. The third-order valence-electron chi connectivity index (χ3n) is 3.93. The zero-order chi connectivity index (χ0) is 18.4. The lowest BCUT2D eigenvalue weighted by Gasteiger charge is -2.04. The van der Waals surface area contributed by atoms with Gasteiger partial charge in [-0.25, -0.2) is 0 Å². The number of amides is 2. The van der Waals surface area contributed by atoms with Gasteiger partial charge in [0.25, 0.3) is 11.8 Å². The van der Waals surface area contributed by atoms with Crippen molar-refractivity contribution in [3.8, 4) is 0 Å². The summed E-state index contributed by atoms with van der Waals surface area (Å²) in [4.78, 5) is 24.5. The minimum absolute atomic E-state index is 0.246. The molecule has 0 aliphatic carbocycles. The van der Waals surface area contributed by atoms with E-state index in [1.165, 1.54) is 4.68 Å². The second-order valence-electron chi connectivity index (χ2n) is 5.85. The van der Waals surface area contributed by atoms with Gasteiger partial charge in [0, 0.05) is 25.2 Å². The fourth-order valence-corrected chi connectivity index (χ4v) is 2.53. The van der Waals surface area contributed by atoms with Crippen molar-refractivity contribution in [3.05, 3.63) is 83.6 Å². The summed E-state index contributed by atoms with van der Waals surface area (Å²) in [7, 11) is 1.68. The van der Waals surface area contributed by atoms with E-state index in [1.54, 1.807) is 37.4 Å². The molecule has 0 radical (unpaired) electrons. The summed E-state index contributed by atoms with van der Waals surface area (Å²) in [5.74, 6) is -0.0477. The van der Waals surface area contributed by atoms with Crippen molar-refractivity contribution in [2.45, 2.75) is 6.42 Å². The van der Waals surface area contributed by atoms with Gasteiger partial charge >= 0.3 is 0 Å². The summed E-state index contributed by atoms with van der Waals surface area (Å²) < 4.78 is 1.48. The van der Waals surface area contributed by atoms with Gasteiger partial charge in [0.15, 0.2) is 5.69 Å². The lowest BCUT2D eigenvalue weighted by molar-refractivity contribution is 0.0947. The minimum atomic E-state index is -0.267. The molecule has 132 valence electrons. The third-order valence-corrected chi connectivity index (χ3v) is 3.93. The molecule has 6 heteroatoms. The quantitative estimate of drug-likeness (QED) is 0.719. The van der Waals surface area contributed by atoms with Crippen molar-refractivity contribution in [2.75, 3.05) is 11.9 Å². The molecule has 0 atom stereocenters. The molecular formula is C20H20N4O2. The number of hydrogen-bond acceptors (Lipinski definition) is 3. The van der Waals surface area contributed by atoms with Gasteiger partial charge in [-0.05, 0) is 24.1 Å². The summed E-state index contributed by atoms with van der Waals surface area (Å²) in [6, 6.07) is 20.4. The fourth-order valence-electron chi connectivity index (χ4n) is 2.53. The first kappa shape index (κ1) is 17.4. The highest BCUT2D eigenvalue weighted by atomic mass is 16.2. The number of rotatable bonds is 6. The highest BCUT2D eigenvalue weighted by Crippen LogP contribution is 2.11. The van der Waals surface area contributed by atoms with Gasteiger partial charge in [0.05, 0.1) is 0 Å². The first-order valence-corrected chi connectivity index (χ1v) is 8.36. The third kappa shape index (κ3) is 4.36. The van der Waals surface area contributed by atoms with Crippen molar-refractivity contribution in [1.82, 2.24) is 15.1 Å². The first-order chi connectivity index (χ1) is 12.6. The Bertz CT molecular complexity index is 889. The topological polar surface area (TPSA) is 76.0 Å². The summed E-state index contributed by atoms with van der Waals surface area (Å²) in [5.41, 5.74) is 1.97. The Labute approximate surface area is 151 Å². The molecule has 6 nitrogen and oxygen atoms in total. The molecule has 3 rings (SSSR count). The van der Waals surface area contributed by atoms with Crippen molar-refractivity contribution >= 4 is 17.6 Å². The maximum atomic E-state index is 12.3. The van der Waals surface area contributed by atoms with Crippen molar-refractivity contribution < 1.29 is 9.59 Å². The van der Waals surface area contributed by atoms with Gasteiger partial charge in [0.2, 0.25) is 0 Å². The van der Waals surface area contributed by atoms with Crippen LogP contribution in [0, 0.1) is 0 Å². The second kappa shape index (κ2) is 8.11. The molecule has 1 heterocycles. The molecule has 0 aliphatic heterocycles. The number of hydrogen-bond donors (Lipinski definition) is 2. The molecule has 1 aromatic heterocycles. The molecule has 2 aromatic carbocycles. The van der Waals surface area contributed by atoms with Crippen molar-refractivity contribution in [3.63, 3.8) is 0 Å². The van der Waals surface area contributed by atoms with E-state index in [4.69, 9.17) is 0 Å². The van der Waals surface area contributed by atoms with Gasteiger partial charge in [-0.15, -0.1) is 0 Å². The molecule has 26 heavy (non-hydrogen) atoms. The van der Waals surface area contributed by atoms with Gasteiger partial charge in [-0.2, -0.15) is 5.10 Å². The molecule has 0 spiro atoms. The van der Waals surface area contributed by atoms with Crippen LogP contribution in [-0.4, -0.2) is 28.1 Å². The molecule has 2 N–H and O–H groups in total. The molecule has 0 saturated heterocycles. The van der Waals surface area contributed by atoms with Crippen LogP contribution in [0.5, 0.6) is 0 Å². The van der Waals surface area contributed by atoms with Crippen LogP contribution in [0.4, 0.5) is 5.82 Å². The number of nitrogens with one attached hydrogen (secondary N) is 2. The smallest absolute Gasteiger partial charge is 0.271 e. The Hall–Kier alpha value is -3.41. The van der Waals surface area contributed by atoms with E-state index in [-0.39, 0.29) is 17.5 Å². The molecule has 3 aromatic rings. The molecule has 2 amide bonds. The molecule has 0 unspecified atom stereocenters. The fraction of sp³-hybridized carbons (Fsp3) is 0.150. The Balaban J connectivity index is 1.58. The monoisotopic (exact) mass is 348 g/mol. The van der Waals surface area contributed by atoms with Gasteiger partial charge in [-0.1, -0.05) is 48.5 Å². The highest BCUT2D eigenvalue weighted by molar-refractivity contribution is 6.04. The maximum Gasteiger partial charge on any atom is 0.271 e. The Morgan fingerprint density at radius 3 is 2.31 bits per heavy atom. The normalized spacial score (nSPS) is 10.3. The number of carbonyl (C=O) groups is 2. The van der Waals surface area contributed by atoms with E-state index < -0.39 is 0 Å². The Kier molecular flexibility index (Phi) is 5.43. The summed E-state index contributed by atoms with van der Waals surface area (Å²) in [6.45, 7) is 0.519. The van der Waals surface area contributed by atoms with E-state index >= 15 is 0 Å². The zero-order valence-corrected chi connectivity index (χ0v) is 14.5. The Morgan fingerprint density at radius 2 is 1.62 bits per heavy atom. The minimum Gasteiger partial charge on any atom is -0.350 e. The summed E-state index contributed by atoms with van der Waals surface area (Å²) in [5, 5.41) is 9.78. The number of benzene rings is 2. The average molecular weight is 348 g/mol. The maximum absolute atomic E-state index is 12.3. The number of aryl methyl sites for hydroxylation is 1. The first-order valence-electron chi connectivity index (χ1n) is 8.36. The summed E-state index contributed by atoms with van der Waals surface area (Å²) >= 11 is 0. The van der Waals surface area contributed by atoms with Gasteiger partial charge in [0.1, 0.15) is 5.82 Å². The lowest BCUT2D eigenvalue weighted by atomic mass is 10.1. The summed E-state index contributed by atoms with van der Waals surface area (Å²) in [6.07, 6.45) is 0.747. The number of anilines is 1. The van der Waals surface area contributed by atoms with Crippen LogP contribution < -0.4 is 10.6 Å². The largest absolute Gasteiger partial charge is 0.350 e. The second-order valence-corrected chi connectivity index (χ2v) is 5.85. The molecule has 0 saturated carbocycles. The van der Waals surface area contributed by atoms with E-state index in [2.05, 4.69) is 15.7 Å². The molecular weight excluding hydrogens is 328 g/mol. The molecule has 0 bridgehead atoms. The van der Waals surface area contributed by atoms with Crippen LogP contribution in [0.1, 0.15) is 26.4 Å². The molecule has 0 aliphatic rings. The predicted molar refractivity (Wildman–Crippen MR) is 100 cm³/mol. The van der Waals surface area contributed by atoms with E-state index in [1.807, 2.05) is 36.4 Å². The van der Waals surface area contributed by atoms with Crippen LogP contribution in [0.15, 0.2) is 66.7 Å². The van der Waals surface area contributed by atoms with Gasteiger partial charge < -0.3 is 10.6 Å². The zero-order valence-electron chi connectivity index (χ0n) is 14.5. The van der Waals surface area contributed by atoms with Crippen LogP contribution in [0.3, 0.4) is 0 Å². The average Bonchev–Trinajstić information content (AvgIpc) is 3.04. The number of aromatic nitrogens is 2. The Morgan fingerprint density at radius 1 is 0.962 bits per heavy atom. The van der Waals surface area contributed by atoms with E-state index in [0.717, 1.165) is 12.0 Å².